The molecule has 3 aromatic heterocycles. The summed E-state index contributed by atoms with van der Waals surface area (Å²) in [5.74, 6) is -1.60. The van der Waals surface area contributed by atoms with Gasteiger partial charge in [-0.2, -0.15) is 8.78 Å². The lowest BCUT2D eigenvalue weighted by atomic mass is 10.2. The second-order valence-electron chi connectivity index (χ2n) is 6.47. The zero-order chi connectivity index (χ0) is 19.2. The summed E-state index contributed by atoms with van der Waals surface area (Å²) in [6.07, 6.45) is 3.20. The van der Waals surface area contributed by atoms with Gasteiger partial charge in [0.25, 0.3) is 5.92 Å². The molecular weight excluding hydrogens is 356 g/mol. The third kappa shape index (κ3) is 3.07. The lowest BCUT2D eigenvalue weighted by molar-refractivity contribution is -0.105. The molecule has 1 amide bonds. The Kier molecular flexibility index (Phi) is 3.97. The van der Waals surface area contributed by atoms with Crippen molar-refractivity contribution in [3.05, 3.63) is 29.8 Å². The number of hydrogen-bond acceptors (Lipinski definition) is 6. The van der Waals surface area contributed by atoms with Gasteiger partial charge in [-0.3, -0.25) is 4.79 Å². The summed E-state index contributed by atoms with van der Waals surface area (Å²) in [6, 6.07) is 2.87. The molecule has 0 atom stereocenters. The van der Waals surface area contributed by atoms with E-state index in [2.05, 4.69) is 30.3 Å². The first kappa shape index (κ1) is 17.3. The van der Waals surface area contributed by atoms with Crippen molar-refractivity contribution in [3.8, 4) is 5.82 Å². The van der Waals surface area contributed by atoms with Crippen LogP contribution in [-0.4, -0.2) is 44.2 Å². The van der Waals surface area contributed by atoms with Crippen molar-refractivity contribution in [3.63, 3.8) is 0 Å². The third-order valence-corrected chi connectivity index (χ3v) is 4.40. The minimum Gasteiger partial charge on any atom is -0.354 e. The molecule has 0 unspecified atom stereocenters. The summed E-state index contributed by atoms with van der Waals surface area (Å²) in [5.41, 5.74) is 0.235. The fraction of sp³-hybridized carbons (Fsp3) is 0.353. The number of nitrogens with zero attached hydrogens (tertiary/aromatic N) is 6. The van der Waals surface area contributed by atoms with Crippen molar-refractivity contribution in [2.75, 3.05) is 23.3 Å². The van der Waals surface area contributed by atoms with Crippen LogP contribution in [0.25, 0.3) is 16.7 Å². The van der Waals surface area contributed by atoms with E-state index in [0.717, 1.165) is 31.8 Å². The molecule has 8 nitrogen and oxygen atoms in total. The molecule has 1 N–H and O–H groups in total. The molecule has 0 radical (unpaired) electrons. The second-order valence-corrected chi connectivity index (χ2v) is 6.47. The van der Waals surface area contributed by atoms with Crippen LogP contribution in [0.5, 0.6) is 0 Å². The van der Waals surface area contributed by atoms with Crippen LogP contribution in [0.1, 0.15) is 24.9 Å². The highest BCUT2D eigenvalue weighted by molar-refractivity contribution is 5.93. The van der Waals surface area contributed by atoms with E-state index in [9.17, 15) is 13.6 Å². The second kappa shape index (κ2) is 6.22. The van der Waals surface area contributed by atoms with Crippen molar-refractivity contribution in [1.82, 2.24) is 24.7 Å². The van der Waals surface area contributed by atoms with Crippen LogP contribution in [0.15, 0.2) is 18.3 Å². The van der Waals surface area contributed by atoms with E-state index in [4.69, 9.17) is 0 Å². The fourth-order valence-corrected chi connectivity index (χ4v) is 2.96. The maximum atomic E-state index is 13.8. The zero-order valence-corrected chi connectivity index (χ0v) is 14.8. The summed E-state index contributed by atoms with van der Waals surface area (Å²) in [5, 5.41) is 7.85. The highest BCUT2D eigenvalue weighted by Gasteiger charge is 2.29. The van der Waals surface area contributed by atoms with Crippen LogP contribution in [0, 0.1) is 6.92 Å². The van der Waals surface area contributed by atoms with Crippen LogP contribution >= 0.6 is 0 Å². The number of aromatic nitrogens is 5. The van der Waals surface area contributed by atoms with Crippen LogP contribution in [-0.2, 0) is 10.7 Å². The number of anilines is 2. The van der Waals surface area contributed by atoms with Crippen LogP contribution in [0.2, 0.25) is 0 Å². The highest BCUT2D eigenvalue weighted by Crippen LogP contribution is 2.32. The number of halogens is 2. The Balaban J connectivity index is 1.94. The number of carbonyl (C=O) groups is 1. The van der Waals surface area contributed by atoms with E-state index in [0.29, 0.717) is 23.6 Å². The summed E-state index contributed by atoms with van der Waals surface area (Å²) in [7, 11) is 0. The fourth-order valence-electron chi connectivity index (χ4n) is 2.96. The Labute approximate surface area is 153 Å². The summed E-state index contributed by atoms with van der Waals surface area (Å²) >= 11 is 0. The topological polar surface area (TPSA) is 88.8 Å². The Morgan fingerprint density at radius 1 is 1.26 bits per heavy atom. The van der Waals surface area contributed by atoms with E-state index in [1.165, 1.54) is 10.7 Å². The monoisotopic (exact) mass is 373 g/mol. The van der Waals surface area contributed by atoms with Gasteiger partial charge in [0.1, 0.15) is 17.3 Å². The van der Waals surface area contributed by atoms with Crippen molar-refractivity contribution in [1.29, 1.82) is 0 Å². The average molecular weight is 373 g/mol. The number of carbonyl (C=O) groups excluding carboxylic acids is 1. The van der Waals surface area contributed by atoms with Gasteiger partial charge in [-0.05, 0) is 13.3 Å². The number of pyridine rings is 1. The van der Waals surface area contributed by atoms with Gasteiger partial charge in [0, 0.05) is 38.3 Å². The van der Waals surface area contributed by atoms with Gasteiger partial charge in [0.15, 0.2) is 11.6 Å². The Bertz CT molecular complexity index is 1020. The first-order chi connectivity index (χ1) is 12.9. The van der Waals surface area contributed by atoms with Crippen LogP contribution < -0.4 is 10.2 Å². The first-order valence-electron chi connectivity index (χ1n) is 8.45. The molecule has 1 fully saturated rings. The summed E-state index contributed by atoms with van der Waals surface area (Å²) in [4.78, 5) is 25.2. The van der Waals surface area contributed by atoms with Crippen LogP contribution in [0.4, 0.5) is 20.4 Å². The lowest BCUT2D eigenvalue weighted by Gasteiger charge is -2.31. The quantitative estimate of drug-likeness (QED) is 0.691. The number of rotatable bonds is 5. The van der Waals surface area contributed by atoms with E-state index >= 15 is 0 Å². The summed E-state index contributed by atoms with van der Waals surface area (Å²) in [6.45, 7) is 4.08. The molecule has 0 spiro atoms. The predicted molar refractivity (Wildman–Crippen MR) is 95.3 cm³/mol. The maximum absolute atomic E-state index is 13.8. The molecule has 0 bridgehead atoms. The largest absolute Gasteiger partial charge is 0.354 e. The van der Waals surface area contributed by atoms with E-state index < -0.39 is 5.92 Å². The molecule has 0 aliphatic carbocycles. The Morgan fingerprint density at radius 2 is 2.04 bits per heavy atom. The molecule has 1 saturated heterocycles. The Morgan fingerprint density at radius 3 is 2.67 bits per heavy atom. The molecule has 10 heteroatoms. The molecule has 3 aromatic rings. The van der Waals surface area contributed by atoms with E-state index in [1.54, 1.807) is 19.2 Å². The van der Waals surface area contributed by atoms with Gasteiger partial charge in [-0.1, -0.05) is 0 Å². The lowest BCUT2D eigenvalue weighted by Crippen LogP contribution is -2.37. The van der Waals surface area contributed by atoms with Crippen LogP contribution in [0.3, 0.4) is 0 Å². The normalized spacial score (nSPS) is 14.3. The van der Waals surface area contributed by atoms with Crippen molar-refractivity contribution in [2.24, 2.45) is 0 Å². The molecule has 1 aliphatic heterocycles. The summed E-state index contributed by atoms with van der Waals surface area (Å²) < 4.78 is 29.1. The molecule has 0 saturated carbocycles. The minimum absolute atomic E-state index is 0.221. The molecular formula is C17H17F2N7O. The molecule has 140 valence electrons. The average Bonchev–Trinajstić information content (AvgIpc) is 2.91. The standard InChI is InChI=1S/C17H17F2N7O/c1-10-22-13(17(2,18)19)7-15(23-10)26-12-6-14(21-9-27)20-8-11(12)16(24-26)25-4-3-5-25/h6-9H,3-5H2,1-2H3,(H,20,21,27). The number of amides is 1. The first-order valence-corrected chi connectivity index (χ1v) is 8.45. The van der Waals surface area contributed by atoms with Crippen molar-refractivity contribution in [2.45, 2.75) is 26.2 Å². The predicted octanol–water partition coefficient (Wildman–Crippen LogP) is 2.41. The molecule has 0 aromatic carbocycles. The number of aryl methyl sites for hydroxylation is 1. The van der Waals surface area contributed by atoms with Gasteiger partial charge >= 0.3 is 0 Å². The molecule has 4 heterocycles. The van der Waals surface area contributed by atoms with Gasteiger partial charge < -0.3 is 10.2 Å². The number of alkyl halides is 2. The molecule has 1 aliphatic rings. The highest BCUT2D eigenvalue weighted by atomic mass is 19.3. The van der Waals surface area contributed by atoms with Gasteiger partial charge in [-0.25, -0.2) is 19.6 Å². The van der Waals surface area contributed by atoms with Crippen molar-refractivity contribution >= 4 is 28.9 Å². The third-order valence-electron chi connectivity index (χ3n) is 4.40. The van der Waals surface area contributed by atoms with E-state index in [1.807, 2.05) is 0 Å². The van der Waals surface area contributed by atoms with E-state index in [-0.39, 0.29) is 17.3 Å². The maximum Gasteiger partial charge on any atom is 0.287 e. The minimum atomic E-state index is -3.10. The SMILES string of the molecule is Cc1nc(-n2nc(N3CCC3)c3cnc(NC=O)cc32)cc(C(C)(F)F)n1. The Hall–Kier alpha value is -3.17. The van der Waals surface area contributed by atoms with Gasteiger partial charge in [-0.15, -0.1) is 5.10 Å². The van der Waals surface area contributed by atoms with Gasteiger partial charge in [0.2, 0.25) is 6.41 Å². The zero-order valence-electron chi connectivity index (χ0n) is 14.8. The van der Waals surface area contributed by atoms with Gasteiger partial charge in [0.05, 0.1) is 10.9 Å². The number of fused-ring (bicyclic) bond motifs is 1. The molecule has 4 rings (SSSR count). The smallest absolute Gasteiger partial charge is 0.287 e. The van der Waals surface area contributed by atoms with Crippen molar-refractivity contribution < 1.29 is 13.6 Å². The number of nitrogens with one attached hydrogen (secondary N) is 1. The number of hydrogen-bond donors (Lipinski definition) is 1. The molecule has 27 heavy (non-hydrogen) atoms.